The molecule has 1 heterocycles. The van der Waals surface area contributed by atoms with Crippen LogP contribution in [0.1, 0.15) is 23.2 Å². The van der Waals surface area contributed by atoms with Crippen LogP contribution in [0.2, 0.25) is 10.0 Å². The predicted molar refractivity (Wildman–Crippen MR) is 130 cm³/mol. The van der Waals surface area contributed by atoms with Crippen molar-refractivity contribution >= 4 is 46.4 Å². The zero-order valence-corrected chi connectivity index (χ0v) is 19.2. The van der Waals surface area contributed by atoms with Crippen molar-refractivity contribution in [1.82, 2.24) is 0 Å². The molecule has 0 radical (unpaired) electrons. The number of carbonyl (C=O) groups is 2. The zero-order chi connectivity index (χ0) is 23.2. The Hall–Kier alpha value is -3.22. The second-order valence-corrected chi connectivity index (χ2v) is 8.30. The van der Waals surface area contributed by atoms with E-state index in [0.717, 1.165) is 18.6 Å². The fourth-order valence-electron chi connectivity index (χ4n) is 3.46. The summed E-state index contributed by atoms with van der Waals surface area (Å²) in [6.07, 6.45) is 1.51. The molecule has 170 valence electrons. The topological polar surface area (TPSA) is 67.9 Å². The van der Waals surface area contributed by atoms with E-state index >= 15 is 0 Å². The molecule has 0 fully saturated rings. The highest BCUT2D eigenvalue weighted by Crippen LogP contribution is 2.35. The van der Waals surface area contributed by atoms with Crippen molar-refractivity contribution in [2.24, 2.45) is 0 Å². The normalized spacial score (nSPS) is 12.7. The first-order valence-corrected chi connectivity index (χ1v) is 11.3. The van der Waals surface area contributed by atoms with Gasteiger partial charge in [-0.05, 0) is 67.4 Å². The Kier molecular flexibility index (Phi) is 7.37. The summed E-state index contributed by atoms with van der Waals surface area (Å²) in [5, 5.41) is 3.87. The lowest BCUT2D eigenvalue weighted by atomic mass is 10.1. The molecular weight excluding hydrogens is 463 g/mol. The Morgan fingerprint density at radius 1 is 1.03 bits per heavy atom. The van der Waals surface area contributed by atoms with E-state index in [2.05, 4.69) is 5.32 Å². The molecule has 3 aromatic rings. The van der Waals surface area contributed by atoms with Crippen LogP contribution in [0, 0.1) is 0 Å². The van der Waals surface area contributed by atoms with Crippen molar-refractivity contribution in [2.45, 2.75) is 12.8 Å². The van der Waals surface area contributed by atoms with E-state index in [1.54, 1.807) is 59.5 Å². The Morgan fingerprint density at radius 3 is 2.61 bits per heavy atom. The van der Waals surface area contributed by atoms with Gasteiger partial charge in [-0.1, -0.05) is 35.3 Å². The Balaban J connectivity index is 1.38. The van der Waals surface area contributed by atoms with Gasteiger partial charge in [0.15, 0.2) is 6.61 Å². The van der Waals surface area contributed by atoms with Gasteiger partial charge >= 0.3 is 0 Å². The van der Waals surface area contributed by atoms with Crippen LogP contribution in [-0.4, -0.2) is 31.6 Å². The van der Waals surface area contributed by atoms with Gasteiger partial charge in [0, 0.05) is 17.3 Å². The highest BCUT2D eigenvalue weighted by atomic mass is 35.5. The van der Waals surface area contributed by atoms with E-state index < -0.39 is 0 Å². The van der Waals surface area contributed by atoms with Crippen molar-refractivity contribution in [3.05, 3.63) is 82.3 Å². The van der Waals surface area contributed by atoms with Gasteiger partial charge in [0.1, 0.15) is 11.5 Å². The lowest BCUT2D eigenvalue weighted by Gasteiger charge is -2.30. The molecule has 1 aliphatic heterocycles. The van der Waals surface area contributed by atoms with Gasteiger partial charge in [-0.25, -0.2) is 0 Å². The van der Waals surface area contributed by atoms with E-state index in [4.69, 9.17) is 32.7 Å². The van der Waals surface area contributed by atoms with Gasteiger partial charge in [0.25, 0.3) is 11.8 Å². The van der Waals surface area contributed by atoms with Crippen LogP contribution in [-0.2, 0) is 4.79 Å². The number of carbonyl (C=O) groups excluding carboxylic acids is 2. The minimum absolute atomic E-state index is 0.0143. The van der Waals surface area contributed by atoms with Crippen LogP contribution in [0.3, 0.4) is 0 Å². The summed E-state index contributed by atoms with van der Waals surface area (Å²) in [6.45, 7) is 1.03. The number of unbranched alkanes of at least 4 members (excludes halogenated alkanes) is 1. The number of halogens is 2. The molecule has 0 spiro atoms. The smallest absolute Gasteiger partial charge is 0.265 e. The van der Waals surface area contributed by atoms with Crippen molar-refractivity contribution in [3.63, 3.8) is 0 Å². The molecular formula is C25H22Cl2N2O4. The number of hydrogen-bond acceptors (Lipinski definition) is 4. The number of ether oxygens (including phenoxy) is 2. The number of rotatable bonds is 8. The van der Waals surface area contributed by atoms with E-state index in [0.29, 0.717) is 45.9 Å². The van der Waals surface area contributed by atoms with E-state index in [-0.39, 0.29) is 18.4 Å². The number of nitrogens with zero attached hydrogens (tertiary/aromatic N) is 1. The van der Waals surface area contributed by atoms with Crippen LogP contribution >= 0.6 is 23.2 Å². The minimum atomic E-state index is -0.325. The fourth-order valence-corrected chi connectivity index (χ4v) is 3.81. The third-order valence-corrected chi connectivity index (χ3v) is 5.72. The van der Waals surface area contributed by atoms with Gasteiger partial charge in [-0.2, -0.15) is 0 Å². The van der Waals surface area contributed by atoms with E-state index in [9.17, 15) is 9.59 Å². The van der Waals surface area contributed by atoms with Crippen molar-refractivity contribution in [3.8, 4) is 11.5 Å². The predicted octanol–water partition coefficient (Wildman–Crippen LogP) is 5.83. The first kappa shape index (κ1) is 23.0. The largest absolute Gasteiger partial charge is 0.494 e. The molecule has 0 unspecified atom stereocenters. The fraction of sp³-hybridized carbons (Fsp3) is 0.200. The standard InChI is InChI=1S/C25H22Cl2N2O4/c26-17-7-10-19(11-8-17)32-14-4-3-13-29-22-15-18(9-12-23(22)33-16-24(29)30)28-25(31)20-5-1-2-6-21(20)27/h1-2,5-12,15H,3-4,13-14,16H2,(H,28,31). The zero-order valence-electron chi connectivity index (χ0n) is 17.7. The number of benzene rings is 3. The van der Waals surface area contributed by atoms with Gasteiger partial charge in [0.05, 0.1) is 22.9 Å². The summed E-state index contributed by atoms with van der Waals surface area (Å²) in [5.74, 6) is 0.902. The number of fused-ring (bicyclic) bond motifs is 1. The lowest BCUT2D eigenvalue weighted by molar-refractivity contribution is -0.121. The first-order valence-electron chi connectivity index (χ1n) is 10.5. The average Bonchev–Trinajstić information content (AvgIpc) is 2.81. The monoisotopic (exact) mass is 484 g/mol. The number of anilines is 2. The molecule has 0 saturated heterocycles. The van der Waals surface area contributed by atoms with E-state index in [1.807, 2.05) is 12.1 Å². The maximum absolute atomic E-state index is 12.6. The molecule has 0 aliphatic carbocycles. The highest BCUT2D eigenvalue weighted by molar-refractivity contribution is 6.34. The van der Waals surface area contributed by atoms with E-state index in [1.165, 1.54) is 0 Å². The summed E-state index contributed by atoms with van der Waals surface area (Å²) in [7, 11) is 0. The Morgan fingerprint density at radius 2 is 1.82 bits per heavy atom. The van der Waals surface area contributed by atoms with Gasteiger partial charge in [-0.3, -0.25) is 9.59 Å². The molecule has 4 rings (SSSR count). The first-order chi connectivity index (χ1) is 16.0. The Labute approximate surface area is 202 Å². The lowest BCUT2D eigenvalue weighted by Crippen LogP contribution is -2.39. The summed E-state index contributed by atoms with van der Waals surface area (Å²) in [6, 6.07) is 19.3. The third kappa shape index (κ3) is 5.78. The molecule has 1 aliphatic rings. The molecule has 0 atom stereocenters. The maximum atomic E-state index is 12.6. The molecule has 0 saturated carbocycles. The third-order valence-electron chi connectivity index (χ3n) is 5.14. The van der Waals surface area contributed by atoms with Crippen molar-refractivity contribution in [2.75, 3.05) is 30.0 Å². The SMILES string of the molecule is O=C(Nc1ccc2c(c1)N(CCCCOc1ccc(Cl)cc1)C(=O)CO2)c1ccccc1Cl. The summed E-state index contributed by atoms with van der Waals surface area (Å²) in [5.41, 5.74) is 1.55. The van der Waals surface area contributed by atoms with Crippen LogP contribution in [0.15, 0.2) is 66.7 Å². The molecule has 8 heteroatoms. The second kappa shape index (κ2) is 10.6. The summed E-state index contributed by atoms with van der Waals surface area (Å²) >= 11 is 12.0. The molecule has 33 heavy (non-hydrogen) atoms. The van der Waals surface area contributed by atoms with Crippen LogP contribution < -0.4 is 19.7 Å². The minimum Gasteiger partial charge on any atom is -0.494 e. The summed E-state index contributed by atoms with van der Waals surface area (Å²) in [4.78, 5) is 26.8. The molecule has 6 nitrogen and oxygen atoms in total. The van der Waals surface area contributed by atoms with Crippen LogP contribution in [0.4, 0.5) is 11.4 Å². The molecule has 1 N–H and O–H groups in total. The van der Waals surface area contributed by atoms with Gasteiger partial charge in [-0.15, -0.1) is 0 Å². The average molecular weight is 485 g/mol. The van der Waals surface area contributed by atoms with Crippen LogP contribution in [0.25, 0.3) is 0 Å². The Bertz CT molecular complexity index is 1150. The number of amides is 2. The molecule has 3 aromatic carbocycles. The molecule has 2 amide bonds. The van der Waals surface area contributed by atoms with Gasteiger partial charge in [0.2, 0.25) is 0 Å². The molecule has 0 aromatic heterocycles. The van der Waals surface area contributed by atoms with Crippen LogP contribution in [0.5, 0.6) is 11.5 Å². The van der Waals surface area contributed by atoms with Crippen molar-refractivity contribution in [1.29, 1.82) is 0 Å². The van der Waals surface area contributed by atoms with Crippen molar-refractivity contribution < 1.29 is 19.1 Å². The molecule has 0 bridgehead atoms. The highest BCUT2D eigenvalue weighted by Gasteiger charge is 2.25. The number of nitrogens with one attached hydrogen (secondary N) is 1. The maximum Gasteiger partial charge on any atom is 0.265 e. The van der Waals surface area contributed by atoms with Gasteiger partial charge < -0.3 is 19.7 Å². The number of hydrogen-bond donors (Lipinski definition) is 1. The second-order valence-electron chi connectivity index (χ2n) is 7.46. The summed E-state index contributed by atoms with van der Waals surface area (Å²) < 4.78 is 11.3. The quantitative estimate of drug-likeness (QED) is 0.408.